The number of carbonyl (C=O) groups is 2. The van der Waals surface area contributed by atoms with Gasteiger partial charge in [0, 0.05) is 19.0 Å². The molecule has 0 fully saturated rings. The van der Waals surface area contributed by atoms with Gasteiger partial charge in [0.25, 0.3) is 0 Å². The van der Waals surface area contributed by atoms with Crippen LogP contribution in [0.1, 0.15) is 6.92 Å². The molecule has 1 atom stereocenters. The molecule has 0 saturated carbocycles. The van der Waals surface area contributed by atoms with Crippen molar-refractivity contribution in [1.82, 2.24) is 9.62 Å². The number of hydrogen-bond donors (Lipinski definition) is 2. The van der Waals surface area contributed by atoms with Crippen LogP contribution < -0.4 is 4.72 Å². The summed E-state index contributed by atoms with van der Waals surface area (Å²) < 4.78 is 6.77. The van der Waals surface area contributed by atoms with E-state index in [4.69, 9.17) is 10.1 Å². The highest BCUT2D eigenvalue weighted by Crippen LogP contribution is 2.17. The largest absolute Gasteiger partial charge is 0.444 e. The standard InChI is InChI=1S/C14H20N4O3S/c1-5-21-12(15)18(4,14(20)17(2)3)13(19)16-22-11-9-7-6-8-10-11/h6-10,15H,5H2,1-4H3/p+1. The minimum absolute atomic E-state index is 0.201. The molecule has 0 aliphatic carbocycles. The number of quaternary nitrogens is 1. The van der Waals surface area contributed by atoms with Crippen LogP contribution in [0.4, 0.5) is 9.59 Å². The van der Waals surface area contributed by atoms with Gasteiger partial charge in [-0.15, -0.1) is 0 Å². The molecule has 8 heteroatoms. The van der Waals surface area contributed by atoms with Crippen LogP contribution in [0, 0.1) is 5.41 Å². The Morgan fingerprint density at radius 1 is 1.32 bits per heavy atom. The highest BCUT2D eigenvalue weighted by molar-refractivity contribution is 7.98. The molecule has 0 saturated heterocycles. The summed E-state index contributed by atoms with van der Waals surface area (Å²) in [6.07, 6.45) is 0. The Bertz CT molecular complexity index is 550. The van der Waals surface area contributed by atoms with Crippen LogP contribution in [-0.4, -0.2) is 55.2 Å². The maximum absolute atomic E-state index is 12.5. The normalized spacial score (nSPS) is 12.9. The van der Waals surface area contributed by atoms with Crippen LogP contribution in [0.25, 0.3) is 0 Å². The lowest BCUT2D eigenvalue weighted by Gasteiger charge is -2.28. The number of ether oxygens (including phenoxy) is 1. The number of rotatable bonds is 3. The van der Waals surface area contributed by atoms with Crippen molar-refractivity contribution in [2.75, 3.05) is 27.7 Å². The zero-order valence-electron chi connectivity index (χ0n) is 13.1. The number of amides is 4. The molecule has 1 aromatic rings. The third-order valence-corrected chi connectivity index (χ3v) is 3.64. The van der Waals surface area contributed by atoms with E-state index < -0.39 is 22.6 Å². The molecule has 1 rings (SSSR count). The number of nitrogens with zero attached hydrogens (tertiary/aromatic N) is 2. The Morgan fingerprint density at radius 2 is 1.91 bits per heavy atom. The van der Waals surface area contributed by atoms with Crippen LogP contribution in [-0.2, 0) is 4.74 Å². The molecule has 1 aromatic carbocycles. The van der Waals surface area contributed by atoms with Gasteiger partial charge in [-0.2, -0.15) is 0 Å². The molecule has 0 bridgehead atoms. The molecule has 0 spiro atoms. The van der Waals surface area contributed by atoms with Crippen LogP contribution >= 0.6 is 11.9 Å². The van der Waals surface area contributed by atoms with Crippen molar-refractivity contribution in [1.29, 1.82) is 5.41 Å². The zero-order valence-corrected chi connectivity index (χ0v) is 13.9. The number of benzene rings is 1. The molecule has 2 N–H and O–H groups in total. The summed E-state index contributed by atoms with van der Waals surface area (Å²) in [4.78, 5) is 26.9. The summed E-state index contributed by atoms with van der Waals surface area (Å²) in [5.74, 6) is 0. The first-order chi connectivity index (χ1) is 10.3. The maximum Gasteiger partial charge on any atom is 0.444 e. The van der Waals surface area contributed by atoms with E-state index in [9.17, 15) is 9.59 Å². The lowest BCUT2D eigenvalue weighted by atomic mass is 10.4. The zero-order chi connectivity index (χ0) is 16.8. The number of carbonyl (C=O) groups excluding carboxylic acids is 2. The Balaban J connectivity index is 2.93. The molecule has 0 aliphatic rings. The fourth-order valence-corrected chi connectivity index (χ4v) is 2.30. The third kappa shape index (κ3) is 3.99. The van der Waals surface area contributed by atoms with Crippen molar-refractivity contribution >= 4 is 30.0 Å². The van der Waals surface area contributed by atoms with E-state index in [2.05, 4.69) is 4.72 Å². The summed E-state index contributed by atoms with van der Waals surface area (Å²) in [7, 11) is 4.38. The van der Waals surface area contributed by atoms with Gasteiger partial charge in [0.2, 0.25) is 0 Å². The first-order valence-corrected chi connectivity index (χ1v) is 7.48. The molecule has 0 radical (unpaired) electrons. The predicted octanol–water partition coefficient (Wildman–Crippen LogP) is 2.50. The molecule has 1 unspecified atom stereocenters. The van der Waals surface area contributed by atoms with Crippen molar-refractivity contribution in [2.24, 2.45) is 0 Å². The van der Waals surface area contributed by atoms with Crippen molar-refractivity contribution < 1.29 is 18.8 Å². The van der Waals surface area contributed by atoms with E-state index in [1.54, 1.807) is 6.92 Å². The lowest BCUT2D eigenvalue weighted by molar-refractivity contribution is -0.662. The number of nitrogens with one attached hydrogen (secondary N) is 2. The molecule has 120 valence electrons. The van der Waals surface area contributed by atoms with E-state index in [0.717, 1.165) is 16.8 Å². The highest BCUT2D eigenvalue weighted by Gasteiger charge is 2.49. The monoisotopic (exact) mass is 325 g/mol. The van der Waals surface area contributed by atoms with Crippen molar-refractivity contribution in [3.05, 3.63) is 30.3 Å². The molecule has 4 amide bonds. The Labute approximate surface area is 134 Å². The van der Waals surface area contributed by atoms with E-state index in [0.29, 0.717) is 0 Å². The van der Waals surface area contributed by atoms with Crippen LogP contribution in [0.15, 0.2) is 35.2 Å². The summed E-state index contributed by atoms with van der Waals surface area (Å²) in [5, 5.41) is 7.91. The van der Waals surface area contributed by atoms with Gasteiger partial charge in [-0.1, -0.05) is 22.7 Å². The van der Waals surface area contributed by atoms with Gasteiger partial charge >= 0.3 is 18.1 Å². The summed E-state index contributed by atoms with van der Waals surface area (Å²) in [6.45, 7) is 1.89. The third-order valence-electron chi connectivity index (χ3n) is 2.86. The highest BCUT2D eigenvalue weighted by atomic mass is 32.2. The first kappa shape index (κ1) is 18.0. The van der Waals surface area contributed by atoms with Crippen LogP contribution in [0.5, 0.6) is 0 Å². The summed E-state index contributed by atoms with van der Waals surface area (Å²) in [5.41, 5.74) is 0. The minimum atomic E-state index is -0.916. The van der Waals surface area contributed by atoms with Gasteiger partial charge in [0.1, 0.15) is 0 Å². The second kappa shape index (κ2) is 7.81. The van der Waals surface area contributed by atoms with Gasteiger partial charge in [-0.05, 0) is 31.0 Å². The number of hydrogen-bond acceptors (Lipinski definition) is 5. The van der Waals surface area contributed by atoms with Gasteiger partial charge in [0.05, 0.1) is 13.7 Å². The molecular formula is C14H21N4O3S+. The summed E-state index contributed by atoms with van der Waals surface area (Å²) in [6, 6.07) is 7.58. The molecular weight excluding hydrogens is 304 g/mol. The van der Waals surface area contributed by atoms with E-state index in [-0.39, 0.29) is 6.61 Å². The van der Waals surface area contributed by atoms with Gasteiger partial charge in [-0.3, -0.25) is 4.90 Å². The molecule has 22 heavy (non-hydrogen) atoms. The summed E-state index contributed by atoms with van der Waals surface area (Å²) >= 11 is 1.08. The lowest BCUT2D eigenvalue weighted by Crippen LogP contribution is -2.63. The number of urea groups is 2. The molecule has 7 nitrogen and oxygen atoms in total. The van der Waals surface area contributed by atoms with Gasteiger partial charge in [-0.25, -0.2) is 19.7 Å². The Kier molecular flexibility index (Phi) is 6.39. The van der Waals surface area contributed by atoms with Gasteiger partial charge < -0.3 is 4.74 Å². The second-order valence-corrected chi connectivity index (χ2v) is 5.62. The van der Waals surface area contributed by atoms with E-state index >= 15 is 0 Å². The Morgan fingerprint density at radius 3 is 2.41 bits per heavy atom. The fourth-order valence-electron chi connectivity index (χ4n) is 1.61. The average Bonchev–Trinajstić information content (AvgIpc) is 2.52. The predicted molar refractivity (Wildman–Crippen MR) is 85.5 cm³/mol. The minimum Gasteiger partial charge on any atom is -0.436 e. The van der Waals surface area contributed by atoms with Gasteiger partial charge in [0.15, 0.2) is 0 Å². The van der Waals surface area contributed by atoms with Crippen molar-refractivity contribution in [3.8, 4) is 0 Å². The average molecular weight is 325 g/mol. The Hall–Kier alpha value is -2.06. The molecule has 0 heterocycles. The molecule has 0 aromatic heterocycles. The smallest absolute Gasteiger partial charge is 0.436 e. The van der Waals surface area contributed by atoms with Crippen LogP contribution in [0.2, 0.25) is 0 Å². The number of imide groups is 1. The first-order valence-electron chi connectivity index (χ1n) is 6.66. The van der Waals surface area contributed by atoms with E-state index in [1.807, 2.05) is 30.3 Å². The van der Waals surface area contributed by atoms with Crippen molar-refractivity contribution in [2.45, 2.75) is 11.8 Å². The van der Waals surface area contributed by atoms with Crippen molar-refractivity contribution in [3.63, 3.8) is 0 Å². The van der Waals surface area contributed by atoms with Crippen LogP contribution in [0.3, 0.4) is 0 Å². The molecule has 0 aliphatic heterocycles. The number of amidine groups is 1. The van der Waals surface area contributed by atoms with E-state index in [1.165, 1.54) is 26.0 Å². The fraction of sp³-hybridized carbons (Fsp3) is 0.357. The second-order valence-electron chi connectivity index (χ2n) is 4.74. The maximum atomic E-state index is 12.5. The topological polar surface area (TPSA) is 82.5 Å². The SMILES string of the molecule is CCOC(=N)[N+](C)(C(=O)NSc1ccccc1)C(=O)N(C)C. The quantitative estimate of drug-likeness (QED) is 0.387.